The first kappa shape index (κ1) is 27.0. The quantitative estimate of drug-likeness (QED) is 0.461. The van der Waals surface area contributed by atoms with Crippen LogP contribution >= 0.6 is 0 Å². The van der Waals surface area contributed by atoms with Crippen LogP contribution in [0.2, 0.25) is 0 Å². The van der Waals surface area contributed by atoms with Crippen molar-refractivity contribution in [2.45, 2.75) is 108 Å². The van der Waals surface area contributed by atoms with E-state index in [1.54, 1.807) is 25.5 Å². The highest BCUT2D eigenvalue weighted by Gasteiger charge is 2.56. The minimum atomic E-state index is -3.65. The van der Waals surface area contributed by atoms with Crippen molar-refractivity contribution in [3.63, 3.8) is 0 Å². The first-order valence-electron chi connectivity index (χ1n) is 12.7. The zero-order valence-corrected chi connectivity index (χ0v) is 22.9. The van der Waals surface area contributed by atoms with Crippen LogP contribution in [-0.2, 0) is 19.6 Å². The van der Waals surface area contributed by atoms with Gasteiger partial charge in [-0.3, -0.25) is 9.59 Å². The van der Waals surface area contributed by atoms with Gasteiger partial charge in [0.1, 0.15) is 16.8 Å². The van der Waals surface area contributed by atoms with Gasteiger partial charge >= 0.3 is 0 Å². The molecule has 202 valence electrons. The highest BCUT2D eigenvalue weighted by Crippen LogP contribution is 2.43. The summed E-state index contributed by atoms with van der Waals surface area (Å²) in [6.45, 7) is 11.1. The van der Waals surface area contributed by atoms with E-state index in [1.807, 2.05) is 27.0 Å². The molecule has 3 fully saturated rings. The summed E-state index contributed by atoms with van der Waals surface area (Å²) in [5, 5.41) is 21.7. The van der Waals surface area contributed by atoms with Crippen LogP contribution in [0.3, 0.4) is 0 Å². The Morgan fingerprint density at radius 1 is 1.19 bits per heavy atom. The molecule has 4 rings (SSSR count). The second kappa shape index (κ2) is 9.05. The van der Waals surface area contributed by atoms with Gasteiger partial charge in [-0.05, 0) is 51.9 Å². The average Bonchev–Trinajstić information content (AvgIpc) is 3.64. The van der Waals surface area contributed by atoms with Crippen LogP contribution in [0.4, 0.5) is 0 Å². The summed E-state index contributed by atoms with van der Waals surface area (Å²) >= 11 is 0. The van der Waals surface area contributed by atoms with Crippen molar-refractivity contribution in [3.8, 4) is 0 Å². The zero-order chi connectivity index (χ0) is 26.7. The number of likely N-dealkylation sites (tertiary alicyclic amines) is 1. The maximum Gasteiger partial charge on any atom is 0.248 e. The van der Waals surface area contributed by atoms with Crippen LogP contribution in [-0.4, -0.2) is 80.8 Å². The lowest BCUT2D eigenvalue weighted by Crippen LogP contribution is -2.54. The summed E-state index contributed by atoms with van der Waals surface area (Å²) in [5.74, 6) is -0.378. The number of hydrogen-bond acceptors (Lipinski definition) is 7. The van der Waals surface area contributed by atoms with Gasteiger partial charge in [-0.15, -0.1) is 5.10 Å². The topological polar surface area (TPSA) is 147 Å². The van der Waals surface area contributed by atoms with Gasteiger partial charge < -0.3 is 15.3 Å². The number of nitrogens with one attached hydrogen (secondary N) is 2. The van der Waals surface area contributed by atoms with Gasteiger partial charge in [0.05, 0.1) is 11.8 Å². The van der Waals surface area contributed by atoms with E-state index < -0.39 is 49.8 Å². The van der Waals surface area contributed by atoms with Gasteiger partial charge in [-0.25, -0.2) is 17.8 Å². The van der Waals surface area contributed by atoms with E-state index in [4.69, 9.17) is 0 Å². The molecule has 0 bridgehead atoms. The Hall–Kier alpha value is -2.05. The van der Waals surface area contributed by atoms with E-state index in [-0.39, 0.29) is 25.4 Å². The molecule has 1 aliphatic heterocycles. The summed E-state index contributed by atoms with van der Waals surface area (Å²) in [7, 11) is -3.65. The molecule has 1 aromatic rings. The molecule has 2 heterocycles. The zero-order valence-electron chi connectivity index (χ0n) is 22.1. The van der Waals surface area contributed by atoms with Gasteiger partial charge in [-0.1, -0.05) is 26.0 Å². The number of sulfonamides is 1. The van der Waals surface area contributed by atoms with E-state index in [0.717, 1.165) is 18.5 Å². The van der Waals surface area contributed by atoms with Crippen LogP contribution in [0.25, 0.3) is 0 Å². The summed E-state index contributed by atoms with van der Waals surface area (Å²) in [6.07, 6.45) is 4.11. The summed E-state index contributed by atoms with van der Waals surface area (Å²) in [6, 6.07) is -1.60. The second-order valence-electron chi connectivity index (χ2n) is 12.8. The normalized spacial score (nSPS) is 25.0. The van der Waals surface area contributed by atoms with Crippen molar-refractivity contribution in [2.75, 3.05) is 13.1 Å². The van der Waals surface area contributed by atoms with Crippen LogP contribution in [0.1, 0.15) is 91.3 Å². The van der Waals surface area contributed by atoms with Crippen LogP contribution in [0.5, 0.6) is 0 Å². The Bertz CT molecular complexity index is 1110. The lowest BCUT2D eigenvalue weighted by atomic mass is 9.85. The number of hydrogen-bond donors (Lipinski definition) is 3. The minimum Gasteiger partial charge on any atom is -0.391 e. The van der Waals surface area contributed by atoms with Gasteiger partial charge in [-0.2, -0.15) is 0 Å². The van der Waals surface area contributed by atoms with E-state index in [9.17, 15) is 23.1 Å². The molecular formula is C24H40N6O5S. The van der Waals surface area contributed by atoms with E-state index in [0.29, 0.717) is 18.8 Å². The number of nitrogens with zero attached hydrogens (tertiary/aromatic N) is 4. The van der Waals surface area contributed by atoms with Crippen LogP contribution < -0.4 is 10.0 Å². The number of aromatic nitrogens is 3. The Balaban J connectivity index is 1.49. The third-order valence-electron chi connectivity index (χ3n) is 7.11. The number of amides is 2. The Morgan fingerprint density at radius 3 is 2.36 bits per heavy atom. The Kier molecular flexibility index (Phi) is 6.79. The highest BCUT2D eigenvalue weighted by atomic mass is 32.2. The SMILES string of the molecule is CC(C)(C)NS(=O)(=O)C1(CNC(=O)C2CC(O)CN2C(=O)[C@@H](n2cc(C3CC3)nn2)C(C)(C)C)CC1. The second-order valence-corrected chi connectivity index (χ2v) is 14.9. The first-order chi connectivity index (χ1) is 16.5. The molecule has 1 aromatic heterocycles. The number of carbonyl (C=O) groups is 2. The number of aliphatic hydroxyl groups excluding tert-OH is 1. The largest absolute Gasteiger partial charge is 0.391 e. The van der Waals surface area contributed by atoms with Crippen molar-refractivity contribution in [2.24, 2.45) is 5.41 Å². The molecule has 12 heteroatoms. The smallest absolute Gasteiger partial charge is 0.248 e. The molecular weight excluding hydrogens is 484 g/mol. The molecule has 3 N–H and O–H groups in total. The van der Waals surface area contributed by atoms with Crippen LogP contribution in [0, 0.1) is 5.41 Å². The standard InChI is InChI=1S/C24H40N6O5S/c1-22(2,3)19(30-13-17(26-28-30)15-7-8-15)21(33)29-12-16(31)11-18(29)20(32)25-14-24(9-10-24)36(34,35)27-23(4,5)6/h13,15-16,18-19,27,31H,7-12,14H2,1-6H3,(H,25,32)/t16?,18?,19-/m1/s1. The van der Waals surface area contributed by atoms with Crippen molar-refractivity contribution in [1.82, 2.24) is 29.9 Å². The van der Waals surface area contributed by atoms with Crippen molar-refractivity contribution in [1.29, 1.82) is 0 Å². The molecule has 2 amide bonds. The maximum atomic E-state index is 13.8. The number of rotatable bonds is 8. The number of carbonyl (C=O) groups excluding carboxylic acids is 2. The van der Waals surface area contributed by atoms with Gasteiger partial charge in [0, 0.05) is 37.2 Å². The molecule has 2 saturated carbocycles. The lowest BCUT2D eigenvalue weighted by molar-refractivity contribution is -0.144. The lowest BCUT2D eigenvalue weighted by Gasteiger charge is -2.34. The molecule has 3 atom stereocenters. The molecule has 0 aromatic carbocycles. The third-order valence-corrected chi connectivity index (χ3v) is 9.68. The fourth-order valence-corrected chi connectivity index (χ4v) is 6.81. The monoisotopic (exact) mass is 524 g/mol. The predicted octanol–water partition coefficient (Wildman–Crippen LogP) is 1.07. The number of aliphatic hydroxyl groups is 1. The molecule has 11 nitrogen and oxygen atoms in total. The Morgan fingerprint density at radius 2 is 1.83 bits per heavy atom. The molecule has 0 radical (unpaired) electrons. The molecule has 2 unspecified atom stereocenters. The van der Waals surface area contributed by atoms with Crippen molar-refractivity contribution < 1.29 is 23.1 Å². The average molecular weight is 525 g/mol. The summed E-state index contributed by atoms with van der Waals surface area (Å²) < 4.78 is 29.1. The molecule has 0 spiro atoms. The molecule has 36 heavy (non-hydrogen) atoms. The summed E-state index contributed by atoms with van der Waals surface area (Å²) in [5.41, 5.74) is -0.280. The third kappa shape index (κ3) is 5.60. The fourth-order valence-electron chi connectivity index (χ4n) is 4.88. The van der Waals surface area contributed by atoms with E-state index in [1.165, 1.54) is 4.90 Å². The van der Waals surface area contributed by atoms with Crippen molar-refractivity contribution in [3.05, 3.63) is 11.9 Å². The predicted molar refractivity (Wildman–Crippen MR) is 133 cm³/mol. The van der Waals surface area contributed by atoms with Gasteiger partial charge in [0.2, 0.25) is 21.8 Å². The fraction of sp³-hybridized carbons (Fsp3) is 0.833. The molecule has 1 saturated heterocycles. The highest BCUT2D eigenvalue weighted by molar-refractivity contribution is 7.91. The van der Waals surface area contributed by atoms with Crippen LogP contribution in [0.15, 0.2) is 6.20 Å². The molecule has 3 aliphatic rings. The van der Waals surface area contributed by atoms with Gasteiger partial charge in [0.25, 0.3) is 0 Å². The number of β-amino-alcohol motifs (C(OH)–C–C–N with tert-alkyl or cyclic N) is 1. The minimum absolute atomic E-state index is 0.0305. The van der Waals surface area contributed by atoms with E-state index in [2.05, 4.69) is 20.4 Å². The maximum absolute atomic E-state index is 13.8. The summed E-state index contributed by atoms with van der Waals surface area (Å²) in [4.78, 5) is 28.5. The Labute approximate surface area is 213 Å². The van der Waals surface area contributed by atoms with E-state index >= 15 is 0 Å². The van der Waals surface area contributed by atoms with Gasteiger partial charge in [0.15, 0.2) is 0 Å². The first-order valence-corrected chi connectivity index (χ1v) is 14.2. The van der Waals surface area contributed by atoms with Crippen molar-refractivity contribution >= 4 is 21.8 Å². The molecule has 2 aliphatic carbocycles.